The van der Waals surface area contributed by atoms with Gasteiger partial charge in [0.2, 0.25) is 11.6 Å². The molecule has 0 amide bonds. The summed E-state index contributed by atoms with van der Waals surface area (Å²) in [6.07, 6.45) is 2.67. The fourth-order valence-corrected chi connectivity index (χ4v) is 3.89. The molecular formula is C18H16F2N2O3. The van der Waals surface area contributed by atoms with E-state index >= 15 is 0 Å². The van der Waals surface area contributed by atoms with Crippen molar-refractivity contribution in [2.24, 2.45) is 0 Å². The summed E-state index contributed by atoms with van der Waals surface area (Å²) in [6.45, 7) is 1.66. The zero-order chi connectivity index (χ0) is 17.6. The molecule has 130 valence electrons. The molecular weight excluding hydrogens is 330 g/mol. The molecule has 2 bridgehead atoms. The Labute approximate surface area is 143 Å². The topological polar surface area (TPSA) is 61.3 Å². The lowest BCUT2D eigenvalue weighted by Crippen LogP contribution is -2.30. The van der Waals surface area contributed by atoms with E-state index in [1.807, 2.05) is 0 Å². The Bertz CT molecular complexity index is 838. The minimum Gasteiger partial charge on any atom is -0.465 e. The number of ether oxygens (including phenoxy) is 2. The molecule has 1 aromatic carbocycles. The molecule has 0 aliphatic heterocycles. The number of hydrogen-bond donors (Lipinski definition) is 0. The second-order valence-corrected chi connectivity index (χ2v) is 6.64. The Kier molecular flexibility index (Phi) is 3.67. The summed E-state index contributed by atoms with van der Waals surface area (Å²) in [5, 5.41) is 8.21. The summed E-state index contributed by atoms with van der Waals surface area (Å²) >= 11 is 0. The van der Waals surface area contributed by atoms with Crippen molar-refractivity contribution in [3.8, 4) is 11.6 Å². The van der Waals surface area contributed by atoms with Gasteiger partial charge in [0, 0.05) is 18.4 Å². The number of fused-ring (bicyclic) bond motifs is 5. The van der Waals surface area contributed by atoms with Gasteiger partial charge in [-0.1, -0.05) is 6.07 Å². The second kappa shape index (κ2) is 5.75. The number of para-hydroxylation sites is 1. The summed E-state index contributed by atoms with van der Waals surface area (Å²) in [4.78, 5) is 11.2. The van der Waals surface area contributed by atoms with Gasteiger partial charge in [0.1, 0.15) is 6.61 Å². The number of benzene rings is 1. The number of halogens is 2. The average Bonchev–Trinajstić information content (AvgIpc) is 3.14. The Morgan fingerprint density at radius 3 is 2.80 bits per heavy atom. The third kappa shape index (κ3) is 2.63. The highest BCUT2D eigenvalue weighted by atomic mass is 19.1. The summed E-state index contributed by atoms with van der Waals surface area (Å²) in [5.41, 5.74) is 1.45. The van der Waals surface area contributed by atoms with Gasteiger partial charge in [-0.3, -0.25) is 4.79 Å². The quantitative estimate of drug-likeness (QED) is 0.791. The molecule has 5 nitrogen and oxygen atoms in total. The van der Waals surface area contributed by atoms with Gasteiger partial charge in [-0.15, -0.1) is 5.10 Å². The lowest BCUT2D eigenvalue weighted by Gasteiger charge is -2.26. The minimum atomic E-state index is -0.796. The predicted molar refractivity (Wildman–Crippen MR) is 83.4 cm³/mol. The van der Waals surface area contributed by atoms with E-state index in [1.165, 1.54) is 13.0 Å². The number of carbonyl (C=O) groups excluding carboxylic acids is 1. The molecule has 1 aromatic heterocycles. The van der Waals surface area contributed by atoms with Crippen LogP contribution < -0.4 is 4.74 Å². The molecule has 0 spiro atoms. The van der Waals surface area contributed by atoms with E-state index < -0.39 is 17.4 Å². The number of aromatic nitrogens is 2. The smallest absolute Gasteiger partial charge is 0.302 e. The van der Waals surface area contributed by atoms with Crippen LogP contribution in [0, 0.1) is 11.6 Å². The summed E-state index contributed by atoms with van der Waals surface area (Å²) < 4.78 is 38.0. The lowest BCUT2D eigenvalue weighted by atomic mass is 9.84. The highest BCUT2D eigenvalue weighted by molar-refractivity contribution is 5.66. The second-order valence-electron chi connectivity index (χ2n) is 6.64. The zero-order valence-corrected chi connectivity index (χ0v) is 13.6. The van der Waals surface area contributed by atoms with Gasteiger partial charge < -0.3 is 9.47 Å². The van der Waals surface area contributed by atoms with Crippen molar-refractivity contribution in [3.05, 3.63) is 47.2 Å². The van der Waals surface area contributed by atoms with Crippen LogP contribution in [0.5, 0.6) is 11.6 Å². The molecule has 0 N–H and O–H groups in total. The third-order valence-electron chi connectivity index (χ3n) is 5.03. The maximum Gasteiger partial charge on any atom is 0.302 e. The predicted octanol–water partition coefficient (Wildman–Crippen LogP) is 3.63. The molecule has 2 aliphatic rings. The van der Waals surface area contributed by atoms with Crippen LogP contribution in [0.25, 0.3) is 0 Å². The fourth-order valence-electron chi connectivity index (χ4n) is 3.89. The highest BCUT2D eigenvalue weighted by Gasteiger charge is 2.51. The van der Waals surface area contributed by atoms with Crippen LogP contribution in [0.4, 0.5) is 8.78 Å². The molecule has 0 radical (unpaired) electrons. The maximum absolute atomic E-state index is 13.7. The summed E-state index contributed by atoms with van der Waals surface area (Å²) in [5.74, 6) is -2.08. The first-order chi connectivity index (χ1) is 12.0. The maximum atomic E-state index is 13.7. The largest absolute Gasteiger partial charge is 0.465 e. The van der Waals surface area contributed by atoms with Crippen molar-refractivity contribution in [1.29, 1.82) is 0 Å². The van der Waals surface area contributed by atoms with Crippen LogP contribution in [-0.4, -0.2) is 22.8 Å². The van der Waals surface area contributed by atoms with Crippen LogP contribution in [0.1, 0.15) is 43.4 Å². The van der Waals surface area contributed by atoms with Crippen molar-refractivity contribution in [2.75, 3.05) is 6.61 Å². The summed E-state index contributed by atoms with van der Waals surface area (Å²) in [6, 6.07) is 5.20. The van der Waals surface area contributed by atoms with Crippen molar-refractivity contribution in [1.82, 2.24) is 10.2 Å². The molecule has 0 unspecified atom stereocenters. The molecule has 1 heterocycles. The van der Waals surface area contributed by atoms with Crippen molar-refractivity contribution in [3.63, 3.8) is 0 Å². The molecule has 25 heavy (non-hydrogen) atoms. The van der Waals surface area contributed by atoms with E-state index in [4.69, 9.17) is 9.47 Å². The van der Waals surface area contributed by atoms with Crippen LogP contribution in [0.15, 0.2) is 24.3 Å². The van der Waals surface area contributed by atoms with E-state index in [1.54, 1.807) is 6.07 Å². The van der Waals surface area contributed by atoms with E-state index in [2.05, 4.69) is 10.2 Å². The Hall–Kier alpha value is -2.57. The molecule has 2 aromatic rings. The molecule has 1 saturated carbocycles. The molecule has 2 aliphatic carbocycles. The van der Waals surface area contributed by atoms with Crippen molar-refractivity contribution < 1.29 is 23.0 Å². The van der Waals surface area contributed by atoms with Crippen LogP contribution in [-0.2, 0) is 14.9 Å². The first kappa shape index (κ1) is 15.9. The summed E-state index contributed by atoms with van der Waals surface area (Å²) in [7, 11) is 0. The van der Waals surface area contributed by atoms with Crippen LogP contribution >= 0.6 is 0 Å². The Balaban J connectivity index is 1.64. The number of esters is 1. The zero-order valence-electron chi connectivity index (χ0n) is 13.6. The van der Waals surface area contributed by atoms with Gasteiger partial charge in [0.15, 0.2) is 11.6 Å². The average molecular weight is 346 g/mol. The molecule has 4 rings (SSSR count). The Morgan fingerprint density at radius 1 is 1.32 bits per heavy atom. The van der Waals surface area contributed by atoms with Crippen LogP contribution in [0.3, 0.4) is 0 Å². The highest BCUT2D eigenvalue weighted by Crippen LogP contribution is 2.56. The van der Waals surface area contributed by atoms with E-state index in [-0.39, 0.29) is 29.8 Å². The standard InChI is InChI=1S/C18H16F2N2O3/c1-10(23)24-9-18-6-5-11(8-18)12-7-15(21-22-17(12)18)25-16-13(19)3-2-4-14(16)20/h2-4,7,11H,5-6,8-9H2,1H3/t11-,18+/m1/s1. The molecule has 7 heteroatoms. The minimum absolute atomic E-state index is 0.0536. The van der Waals surface area contributed by atoms with Gasteiger partial charge in [0.05, 0.1) is 5.69 Å². The van der Waals surface area contributed by atoms with Crippen molar-refractivity contribution >= 4 is 5.97 Å². The number of hydrogen-bond acceptors (Lipinski definition) is 5. The van der Waals surface area contributed by atoms with Gasteiger partial charge in [-0.25, -0.2) is 8.78 Å². The van der Waals surface area contributed by atoms with Crippen LogP contribution in [0.2, 0.25) is 0 Å². The Morgan fingerprint density at radius 2 is 2.08 bits per heavy atom. The normalized spacial score (nSPS) is 23.4. The van der Waals surface area contributed by atoms with Gasteiger partial charge in [0.25, 0.3) is 0 Å². The SMILES string of the molecule is CC(=O)OC[C@]12CC[C@H](C1)c1cc(Oc3c(F)cccc3F)nnc12. The van der Waals surface area contributed by atoms with Crippen molar-refractivity contribution in [2.45, 2.75) is 37.5 Å². The lowest BCUT2D eigenvalue weighted by molar-refractivity contribution is -0.142. The number of carbonyl (C=O) groups is 1. The van der Waals surface area contributed by atoms with E-state index in [0.29, 0.717) is 0 Å². The first-order valence-electron chi connectivity index (χ1n) is 8.12. The van der Waals surface area contributed by atoms with E-state index in [0.717, 1.165) is 42.7 Å². The molecule has 0 saturated heterocycles. The number of nitrogens with zero attached hydrogens (tertiary/aromatic N) is 2. The van der Waals surface area contributed by atoms with Gasteiger partial charge in [-0.05, 0) is 42.9 Å². The van der Waals surface area contributed by atoms with Gasteiger partial charge in [-0.2, -0.15) is 5.10 Å². The monoisotopic (exact) mass is 346 g/mol. The molecule has 1 fully saturated rings. The molecule has 2 atom stereocenters. The van der Waals surface area contributed by atoms with E-state index in [9.17, 15) is 13.6 Å². The first-order valence-corrected chi connectivity index (χ1v) is 8.12. The third-order valence-corrected chi connectivity index (χ3v) is 5.03. The van der Waals surface area contributed by atoms with Gasteiger partial charge >= 0.3 is 5.97 Å². The number of rotatable bonds is 4. The fraction of sp³-hybridized carbons (Fsp3) is 0.389.